The fourth-order valence-corrected chi connectivity index (χ4v) is 11.1. The molecule has 0 unspecified atom stereocenters. The molecule has 4 heterocycles. The molecule has 4 aromatic heterocycles. The first-order valence-electron chi connectivity index (χ1n) is 25.2. The Morgan fingerprint density at radius 2 is 0.760 bits per heavy atom. The van der Waals surface area contributed by atoms with Crippen molar-refractivity contribution in [2.24, 2.45) is 0 Å². The molecule has 0 saturated carbocycles. The Hall–Kier alpha value is -10.2. The molecule has 6 heteroatoms. The van der Waals surface area contributed by atoms with Crippen LogP contribution in [0.1, 0.15) is 0 Å². The van der Waals surface area contributed by atoms with Crippen LogP contribution in [0.3, 0.4) is 0 Å². The molecule has 0 fully saturated rings. The molecule has 350 valence electrons. The summed E-state index contributed by atoms with van der Waals surface area (Å²) in [5, 5.41) is 6.54. The van der Waals surface area contributed by atoms with E-state index < -0.39 is 0 Å². The average molecular weight is 959 g/mol. The number of hydrogen-bond acceptors (Lipinski definition) is 5. The monoisotopic (exact) mass is 958 g/mol. The van der Waals surface area contributed by atoms with Gasteiger partial charge in [-0.25, -0.2) is 15.0 Å². The molecule has 0 radical (unpaired) electrons. The fraction of sp³-hybridized carbons (Fsp3) is 0. The highest BCUT2D eigenvalue weighted by Crippen LogP contribution is 2.45. The van der Waals surface area contributed by atoms with Crippen LogP contribution in [0.25, 0.3) is 150 Å². The number of hydrogen-bond donors (Lipinski definition) is 0. The minimum absolute atomic E-state index is 0.543. The summed E-state index contributed by atoms with van der Waals surface area (Å²) in [6.07, 6.45) is 0. The highest BCUT2D eigenvalue weighted by Gasteiger charge is 2.23. The smallest absolute Gasteiger partial charge is 0.167 e. The van der Waals surface area contributed by atoms with Crippen LogP contribution in [0.15, 0.2) is 264 Å². The highest BCUT2D eigenvalue weighted by atomic mass is 16.3. The third kappa shape index (κ3) is 7.14. The molecule has 15 aromatic rings. The lowest BCUT2D eigenvalue weighted by Crippen LogP contribution is -2.00. The average Bonchev–Trinajstić information content (AvgIpc) is 4.23. The molecule has 75 heavy (non-hydrogen) atoms. The first-order chi connectivity index (χ1) is 37.2. The van der Waals surface area contributed by atoms with Gasteiger partial charge >= 0.3 is 0 Å². The van der Waals surface area contributed by atoms with E-state index in [1.54, 1.807) is 0 Å². The molecule has 6 nitrogen and oxygen atoms in total. The van der Waals surface area contributed by atoms with Crippen molar-refractivity contribution >= 4 is 65.7 Å². The lowest BCUT2D eigenvalue weighted by molar-refractivity contribution is 0.668. The molecule has 15 rings (SSSR count). The van der Waals surface area contributed by atoms with Gasteiger partial charge in [0.25, 0.3) is 0 Å². The standard InChI is InChI=1S/C69H42N4O2/c1-4-16-43(17-5-1)45-30-32-47(33-31-45)68-70-67(46-20-8-3-9-21-46)71-69(72-68)56-27-15-26-54-58-42-50(35-38-62(58)75-66(54)56)48-22-14-23-51(40-48)52-36-39-63-64(55-25-11-13-29-61(55)74-63)65(52)73-59-28-12-10-24-53(59)57-41-49(34-37-60(57)73)44-18-6-2-7-19-44/h1-42H. The topological polar surface area (TPSA) is 69.9 Å². The normalized spacial score (nSPS) is 11.7. The number of aromatic nitrogens is 4. The maximum absolute atomic E-state index is 6.79. The van der Waals surface area contributed by atoms with E-state index in [-0.39, 0.29) is 0 Å². The van der Waals surface area contributed by atoms with Crippen molar-refractivity contribution in [2.75, 3.05) is 0 Å². The van der Waals surface area contributed by atoms with Gasteiger partial charge in [0, 0.05) is 43.6 Å². The van der Waals surface area contributed by atoms with Gasteiger partial charge in [0.1, 0.15) is 22.3 Å². The first kappa shape index (κ1) is 42.5. The lowest BCUT2D eigenvalue weighted by Gasteiger charge is -2.17. The molecule has 0 aliphatic rings. The molecule has 11 aromatic carbocycles. The van der Waals surface area contributed by atoms with Crippen LogP contribution in [-0.2, 0) is 0 Å². The number of benzene rings is 11. The summed E-state index contributed by atoms with van der Waals surface area (Å²) < 4.78 is 15.9. The molecule has 0 atom stereocenters. The van der Waals surface area contributed by atoms with Gasteiger partial charge in [-0.3, -0.25) is 0 Å². The van der Waals surface area contributed by atoms with Crippen LogP contribution in [-0.4, -0.2) is 19.5 Å². The van der Waals surface area contributed by atoms with Gasteiger partial charge in [-0.1, -0.05) is 194 Å². The summed E-state index contributed by atoms with van der Waals surface area (Å²) in [4.78, 5) is 15.3. The molecular weight excluding hydrogens is 917 g/mol. The van der Waals surface area contributed by atoms with E-state index in [4.69, 9.17) is 23.8 Å². The number of nitrogens with zero attached hydrogens (tertiary/aromatic N) is 4. The second-order valence-corrected chi connectivity index (χ2v) is 19.1. The molecule has 0 aliphatic heterocycles. The van der Waals surface area contributed by atoms with E-state index >= 15 is 0 Å². The van der Waals surface area contributed by atoms with Crippen LogP contribution in [0.2, 0.25) is 0 Å². The Morgan fingerprint density at radius 1 is 0.267 bits per heavy atom. The predicted octanol–water partition coefficient (Wildman–Crippen LogP) is 18.4. The van der Waals surface area contributed by atoms with Crippen LogP contribution >= 0.6 is 0 Å². The third-order valence-electron chi connectivity index (χ3n) is 14.7. The van der Waals surface area contributed by atoms with E-state index in [1.807, 2.05) is 48.5 Å². The maximum Gasteiger partial charge on any atom is 0.167 e. The van der Waals surface area contributed by atoms with Crippen molar-refractivity contribution in [2.45, 2.75) is 0 Å². The summed E-state index contributed by atoms with van der Waals surface area (Å²) in [6, 6.07) is 89.4. The Bertz CT molecular complexity index is 4690. The third-order valence-corrected chi connectivity index (χ3v) is 14.7. The quantitative estimate of drug-likeness (QED) is 0.152. The second kappa shape index (κ2) is 17.3. The summed E-state index contributed by atoms with van der Waals surface area (Å²) in [5.41, 5.74) is 18.2. The van der Waals surface area contributed by atoms with E-state index in [9.17, 15) is 0 Å². The van der Waals surface area contributed by atoms with Gasteiger partial charge in [-0.05, 0) is 99.6 Å². The van der Waals surface area contributed by atoms with Gasteiger partial charge in [-0.2, -0.15) is 0 Å². The molecular formula is C69H42N4O2. The van der Waals surface area contributed by atoms with Gasteiger partial charge in [-0.15, -0.1) is 0 Å². The Labute approximate surface area is 431 Å². The zero-order valence-electron chi connectivity index (χ0n) is 40.4. The summed E-state index contributed by atoms with van der Waals surface area (Å²) in [6.45, 7) is 0. The molecule has 0 saturated heterocycles. The van der Waals surface area contributed by atoms with Crippen LogP contribution in [0.5, 0.6) is 0 Å². The summed E-state index contributed by atoms with van der Waals surface area (Å²) >= 11 is 0. The number of fused-ring (bicyclic) bond motifs is 9. The van der Waals surface area contributed by atoms with Crippen molar-refractivity contribution < 1.29 is 8.83 Å². The highest BCUT2D eigenvalue weighted by molar-refractivity contribution is 6.17. The van der Waals surface area contributed by atoms with Gasteiger partial charge in [0.2, 0.25) is 0 Å². The largest absolute Gasteiger partial charge is 0.456 e. The SMILES string of the molecule is c1ccc(-c2ccc(-c3nc(-c4ccccc4)nc(-c4cccc5c4oc4ccc(-c6cccc(-c7ccc8oc9ccccc9c8c7-n7c8ccccc8c8cc(-c9ccccc9)ccc87)c6)cc45)n3)cc2)cc1. The van der Waals surface area contributed by atoms with Gasteiger partial charge in [0.05, 0.1) is 27.7 Å². The Balaban J connectivity index is 0.865. The lowest BCUT2D eigenvalue weighted by atomic mass is 9.95. The van der Waals surface area contributed by atoms with Crippen molar-refractivity contribution in [1.82, 2.24) is 19.5 Å². The summed E-state index contributed by atoms with van der Waals surface area (Å²) in [5.74, 6) is 1.73. The van der Waals surface area contributed by atoms with Crippen molar-refractivity contribution in [1.29, 1.82) is 0 Å². The second-order valence-electron chi connectivity index (χ2n) is 19.1. The van der Waals surface area contributed by atoms with Crippen LogP contribution < -0.4 is 0 Å². The first-order valence-corrected chi connectivity index (χ1v) is 25.2. The summed E-state index contributed by atoms with van der Waals surface area (Å²) in [7, 11) is 0. The zero-order chi connectivity index (χ0) is 49.4. The van der Waals surface area contributed by atoms with Crippen molar-refractivity contribution in [3.05, 3.63) is 255 Å². The predicted molar refractivity (Wildman–Crippen MR) is 307 cm³/mol. The van der Waals surface area contributed by atoms with E-state index in [1.165, 1.54) is 21.9 Å². The minimum atomic E-state index is 0.543. The molecule has 0 amide bonds. The molecule has 0 bridgehead atoms. The Kier molecular flexibility index (Phi) is 9.78. The van der Waals surface area contributed by atoms with Gasteiger partial charge < -0.3 is 13.4 Å². The van der Waals surface area contributed by atoms with Crippen LogP contribution in [0, 0.1) is 0 Å². The van der Waals surface area contributed by atoms with Crippen molar-refractivity contribution in [3.63, 3.8) is 0 Å². The number of para-hydroxylation sites is 3. The van der Waals surface area contributed by atoms with Crippen LogP contribution in [0.4, 0.5) is 0 Å². The minimum Gasteiger partial charge on any atom is -0.456 e. The maximum atomic E-state index is 6.79. The van der Waals surface area contributed by atoms with E-state index in [0.717, 1.165) is 111 Å². The molecule has 0 spiro atoms. The fourth-order valence-electron chi connectivity index (χ4n) is 11.1. The van der Waals surface area contributed by atoms with E-state index in [0.29, 0.717) is 17.5 Å². The Morgan fingerprint density at radius 3 is 1.55 bits per heavy atom. The van der Waals surface area contributed by atoms with E-state index in [2.05, 4.69) is 211 Å². The number of furan rings is 2. The molecule has 0 N–H and O–H groups in total. The zero-order valence-corrected chi connectivity index (χ0v) is 40.4. The van der Waals surface area contributed by atoms with Crippen molar-refractivity contribution in [3.8, 4) is 84.4 Å². The van der Waals surface area contributed by atoms with Gasteiger partial charge in [0.15, 0.2) is 17.5 Å². The number of rotatable bonds is 8. The molecule has 0 aliphatic carbocycles.